The van der Waals surface area contributed by atoms with E-state index in [4.69, 9.17) is 16.3 Å². The summed E-state index contributed by atoms with van der Waals surface area (Å²) >= 11 is 7.90. The van der Waals surface area contributed by atoms with E-state index in [9.17, 15) is 19.1 Å². The largest absolute Gasteiger partial charge is 0.443 e. The Hall–Kier alpha value is -2.84. The average molecular weight is 630 g/mol. The zero-order valence-corrected chi connectivity index (χ0v) is 22.0. The second-order valence-corrected chi connectivity index (χ2v) is 11.0. The number of anilines is 1. The van der Waals surface area contributed by atoms with Crippen LogP contribution in [0.5, 0.6) is 0 Å². The number of hydrogen-bond donors (Lipinski definition) is 1. The van der Waals surface area contributed by atoms with Crippen LogP contribution in [0.2, 0.25) is 5.28 Å². The van der Waals surface area contributed by atoms with Crippen LogP contribution in [0.4, 0.5) is 16.3 Å². The van der Waals surface area contributed by atoms with Gasteiger partial charge in [0.05, 0.1) is 23.1 Å². The number of ether oxygens (including phenoxy) is 1. The monoisotopic (exact) mass is 629 g/mol. The average Bonchev–Trinajstić information content (AvgIpc) is 2.85. The molecule has 0 bridgehead atoms. The summed E-state index contributed by atoms with van der Waals surface area (Å²) in [6, 6.07) is 14.4. The molecule has 0 fully saturated rings. The van der Waals surface area contributed by atoms with Gasteiger partial charge in [-0.05, 0) is 58.7 Å². The van der Waals surface area contributed by atoms with Crippen LogP contribution in [0.15, 0.2) is 70.1 Å². The summed E-state index contributed by atoms with van der Waals surface area (Å²) in [6.07, 6.45) is 1.58. The van der Waals surface area contributed by atoms with Crippen molar-refractivity contribution in [1.29, 1.82) is 0 Å². The molecule has 1 amide bonds. The molecule has 13 heteroatoms. The SMILES string of the molecule is O=C(N=S(=O)(CCCCNc1nc(Cl)ncc1I)c1cccc([N+](=O)[O-])c1)OCc1ccccc1. The van der Waals surface area contributed by atoms with E-state index in [1.807, 2.05) is 6.07 Å². The number of unbranched alkanes of at least 4 members (excludes halogenated alkanes) is 1. The third kappa shape index (κ3) is 8.11. The maximum absolute atomic E-state index is 13.8. The molecule has 0 aliphatic rings. The number of nitrogens with zero attached hydrogens (tertiary/aromatic N) is 4. The third-order valence-corrected chi connectivity index (χ3v) is 7.93. The molecule has 184 valence electrons. The van der Waals surface area contributed by atoms with Gasteiger partial charge in [-0.1, -0.05) is 36.4 Å². The van der Waals surface area contributed by atoms with Gasteiger partial charge < -0.3 is 10.1 Å². The minimum Gasteiger partial charge on any atom is -0.443 e. The Morgan fingerprint density at radius 3 is 2.71 bits per heavy atom. The van der Waals surface area contributed by atoms with E-state index < -0.39 is 20.7 Å². The van der Waals surface area contributed by atoms with Crippen molar-refractivity contribution < 1.29 is 18.7 Å². The molecule has 0 saturated heterocycles. The first kappa shape index (κ1) is 26.8. The number of nitrogens with one attached hydrogen (secondary N) is 1. The molecule has 2 aromatic carbocycles. The molecular weight excluding hydrogens is 609 g/mol. The summed E-state index contributed by atoms with van der Waals surface area (Å²) < 4.78 is 23.6. The zero-order chi connectivity index (χ0) is 25.3. The summed E-state index contributed by atoms with van der Waals surface area (Å²) in [5.74, 6) is 0.594. The third-order valence-electron chi connectivity index (χ3n) is 4.68. The number of non-ortho nitro benzene ring substituents is 1. The predicted octanol–water partition coefficient (Wildman–Crippen LogP) is 5.70. The quantitative estimate of drug-likeness (QED) is 0.0992. The molecule has 0 aliphatic heterocycles. The molecule has 0 aliphatic carbocycles. The topological polar surface area (TPSA) is 137 Å². The molecule has 1 atom stereocenters. The Bertz CT molecular complexity index is 1320. The lowest BCUT2D eigenvalue weighted by Crippen LogP contribution is -2.13. The van der Waals surface area contributed by atoms with E-state index in [1.54, 1.807) is 30.5 Å². The van der Waals surface area contributed by atoms with Crippen LogP contribution in [-0.2, 0) is 21.1 Å². The van der Waals surface area contributed by atoms with Gasteiger partial charge in [-0.25, -0.2) is 14.0 Å². The van der Waals surface area contributed by atoms with Crippen molar-refractivity contribution in [3.05, 3.63) is 85.3 Å². The van der Waals surface area contributed by atoms with Gasteiger partial charge in [0.25, 0.3) is 5.69 Å². The number of carbonyl (C=O) groups excluding carboxylic acids is 1. The predicted molar refractivity (Wildman–Crippen MR) is 141 cm³/mol. The van der Waals surface area contributed by atoms with Gasteiger partial charge in [-0.15, -0.1) is 4.36 Å². The zero-order valence-electron chi connectivity index (χ0n) is 18.3. The van der Waals surface area contributed by atoms with Crippen LogP contribution in [0.1, 0.15) is 18.4 Å². The molecule has 10 nitrogen and oxygen atoms in total. The standard InChI is InChI=1S/C22H21ClIN5O5S/c23-21-26-14-19(24)20(27-21)25-11-4-5-12-35(33,18-10-6-9-17(13-18)29(31)32)28-22(30)34-15-16-7-2-1-3-8-16/h1-3,6-10,13-14H,4-5,11-12,15H2,(H,25,26,27). The molecule has 35 heavy (non-hydrogen) atoms. The van der Waals surface area contributed by atoms with Crippen molar-refractivity contribution in [3.8, 4) is 0 Å². The molecule has 1 N–H and O–H groups in total. The smallest absolute Gasteiger partial charge is 0.442 e. The fourth-order valence-corrected chi connectivity index (χ4v) is 5.48. The number of carbonyl (C=O) groups is 1. The summed E-state index contributed by atoms with van der Waals surface area (Å²) in [5, 5.41) is 14.5. The number of hydrogen-bond acceptors (Lipinski definition) is 8. The normalized spacial score (nSPS) is 12.4. The highest BCUT2D eigenvalue weighted by Crippen LogP contribution is 2.22. The first-order valence-electron chi connectivity index (χ1n) is 10.4. The van der Waals surface area contributed by atoms with Crippen molar-refractivity contribution in [2.45, 2.75) is 24.3 Å². The van der Waals surface area contributed by atoms with Crippen molar-refractivity contribution in [2.24, 2.45) is 4.36 Å². The van der Waals surface area contributed by atoms with Crippen LogP contribution in [0, 0.1) is 13.7 Å². The lowest BCUT2D eigenvalue weighted by atomic mass is 10.2. The molecule has 0 spiro atoms. The van der Waals surface area contributed by atoms with E-state index >= 15 is 0 Å². The number of amides is 1. The Labute approximate surface area is 220 Å². The first-order chi connectivity index (χ1) is 16.8. The van der Waals surface area contributed by atoms with E-state index in [0.717, 1.165) is 9.13 Å². The second-order valence-electron chi connectivity index (χ2n) is 7.20. The van der Waals surface area contributed by atoms with E-state index in [1.165, 1.54) is 24.3 Å². The van der Waals surface area contributed by atoms with Gasteiger partial charge in [-0.3, -0.25) is 10.1 Å². The second kappa shape index (κ2) is 12.7. The van der Waals surface area contributed by atoms with Crippen molar-refractivity contribution >= 4 is 61.5 Å². The van der Waals surface area contributed by atoms with Crippen molar-refractivity contribution in [2.75, 3.05) is 17.6 Å². The lowest BCUT2D eigenvalue weighted by molar-refractivity contribution is -0.385. The minimum atomic E-state index is -3.32. The molecule has 1 unspecified atom stereocenters. The molecule has 0 radical (unpaired) electrons. The van der Waals surface area contributed by atoms with Crippen LogP contribution in [0.25, 0.3) is 0 Å². The Kier molecular flexibility index (Phi) is 9.74. The summed E-state index contributed by atoms with van der Waals surface area (Å²) in [5.41, 5.74) is 0.517. The van der Waals surface area contributed by atoms with Crippen molar-refractivity contribution in [1.82, 2.24) is 9.97 Å². The number of benzene rings is 2. The van der Waals surface area contributed by atoms with Gasteiger partial charge in [0, 0.05) is 30.6 Å². The van der Waals surface area contributed by atoms with Crippen molar-refractivity contribution in [3.63, 3.8) is 0 Å². The van der Waals surface area contributed by atoms with Crippen LogP contribution in [-0.4, -0.2) is 37.5 Å². The fourth-order valence-electron chi connectivity index (χ4n) is 2.98. The highest BCUT2D eigenvalue weighted by molar-refractivity contribution is 14.1. The van der Waals surface area contributed by atoms with Crippen LogP contribution < -0.4 is 5.32 Å². The molecule has 0 saturated carbocycles. The molecule has 3 aromatic rings. The Morgan fingerprint density at radius 1 is 1.20 bits per heavy atom. The van der Waals surface area contributed by atoms with Gasteiger partial charge in [0.1, 0.15) is 12.4 Å². The van der Waals surface area contributed by atoms with E-state index in [2.05, 4.69) is 42.2 Å². The first-order valence-corrected chi connectivity index (χ1v) is 13.5. The van der Waals surface area contributed by atoms with Gasteiger partial charge >= 0.3 is 6.09 Å². The van der Waals surface area contributed by atoms with Gasteiger partial charge in [-0.2, -0.15) is 4.98 Å². The maximum atomic E-state index is 13.8. The molecule has 3 rings (SSSR count). The van der Waals surface area contributed by atoms with Crippen LogP contribution >= 0.6 is 34.2 Å². The highest BCUT2D eigenvalue weighted by atomic mass is 127. The van der Waals surface area contributed by atoms with E-state index in [0.29, 0.717) is 25.2 Å². The summed E-state index contributed by atoms with van der Waals surface area (Å²) in [4.78, 5) is 31.2. The fraction of sp³-hybridized carbons (Fsp3) is 0.227. The molecular formula is C22H21ClIN5O5S. The van der Waals surface area contributed by atoms with Gasteiger partial charge in [0.15, 0.2) is 0 Å². The minimum absolute atomic E-state index is 0.0118. The maximum Gasteiger partial charge on any atom is 0.442 e. The van der Waals surface area contributed by atoms with Crippen LogP contribution in [0.3, 0.4) is 0 Å². The Morgan fingerprint density at radius 2 is 1.97 bits per heavy atom. The highest BCUT2D eigenvalue weighted by Gasteiger charge is 2.19. The Balaban J connectivity index is 1.72. The number of nitro benzene ring substituents is 1. The number of nitro groups is 1. The summed E-state index contributed by atoms with van der Waals surface area (Å²) in [6.45, 7) is 0.462. The van der Waals surface area contributed by atoms with Gasteiger partial charge in [0.2, 0.25) is 5.28 Å². The number of aromatic nitrogens is 2. The number of halogens is 2. The lowest BCUT2D eigenvalue weighted by Gasteiger charge is -2.11. The number of rotatable bonds is 10. The summed E-state index contributed by atoms with van der Waals surface area (Å²) in [7, 11) is -3.32. The molecule has 1 heterocycles. The molecule has 1 aromatic heterocycles. The van der Waals surface area contributed by atoms with E-state index in [-0.39, 0.29) is 28.2 Å².